The second kappa shape index (κ2) is 5.15. The number of methoxy groups -OCH3 is 2. The van der Waals surface area contributed by atoms with E-state index in [1.807, 2.05) is 12.1 Å². The van der Waals surface area contributed by atoms with Gasteiger partial charge in [0.25, 0.3) is 0 Å². The van der Waals surface area contributed by atoms with E-state index in [2.05, 4.69) is 29.7 Å². The molecule has 4 aliphatic rings. The summed E-state index contributed by atoms with van der Waals surface area (Å²) in [5, 5.41) is 0. The molecule has 2 heterocycles. The Hall–Kier alpha value is -2.20. The van der Waals surface area contributed by atoms with Gasteiger partial charge in [0.05, 0.1) is 19.6 Å². The first-order chi connectivity index (χ1) is 12.2. The fraction of sp³-hybridized carbons (Fsp3) is 0.429. The Morgan fingerprint density at radius 2 is 2.20 bits per heavy atom. The third kappa shape index (κ3) is 1.70. The Bertz CT molecular complexity index is 825. The van der Waals surface area contributed by atoms with Gasteiger partial charge in [0.15, 0.2) is 17.6 Å². The number of hydrogen-bond donors (Lipinski definition) is 0. The van der Waals surface area contributed by atoms with Gasteiger partial charge in [0, 0.05) is 24.7 Å². The molecule has 1 aromatic carbocycles. The van der Waals surface area contributed by atoms with Crippen LogP contribution in [0, 0.1) is 0 Å². The van der Waals surface area contributed by atoms with E-state index in [1.54, 1.807) is 14.2 Å². The molecule has 2 bridgehead atoms. The largest absolute Gasteiger partial charge is 0.497 e. The predicted molar refractivity (Wildman–Crippen MR) is 96.1 cm³/mol. The lowest BCUT2D eigenvalue weighted by Gasteiger charge is -2.53. The standard InChI is InChI=1S/C21H23NO3/c1-4-10-22-11-9-21-14-6-8-17(24-3)20(21)25-19-16(23-2)7-5-13(18(19)21)12-15(14)22/h4-8,15,20H,1,9-12H2,2-3H3/t15-,20+,21+/m0/s1. The number of piperidine rings is 1. The van der Waals surface area contributed by atoms with E-state index in [9.17, 15) is 0 Å². The number of hydrogen-bond acceptors (Lipinski definition) is 4. The normalized spacial score (nSPS) is 31.4. The number of nitrogens with zero attached hydrogens (tertiary/aromatic N) is 1. The summed E-state index contributed by atoms with van der Waals surface area (Å²) >= 11 is 0. The summed E-state index contributed by atoms with van der Waals surface area (Å²) in [6.07, 6.45) is 8.33. The highest BCUT2D eigenvalue weighted by Crippen LogP contribution is 2.62. The van der Waals surface area contributed by atoms with E-state index >= 15 is 0 Å². The Kier molecular flexibility index (Phi) is 3.11. The lowest BCUT2D eigenvalue weighted by atomic mass is 9.57. The molecule has 0 saturated carbocycles. The molecule has 0 N–H and O–H groups in total. The van der Waals surface area contributed by atoms with Crippen LogP contribution < -0.4 is 9.47 Å². The minimum Gasteiger partial charge on any atom is -0.497 e. The maximum absolute atomic E-state index is 6.50. The van der Waals surface area contributed by atoms with Gasteiger partial charge < -0.3 is 14.2 Å². The molecule has 1 fully saturated rings. The molecule has 1 saturated heterocycles. The molecule has 3 atom stereocenters. The van der Waals surface area contributed by atoms with Crippen LogP contribution in [0.4, 0.5) is 0 Å². The van der Waals surface area contributed by atoms with Gasteiger partial charge in [0.1, 0.15) is 5.76 Å². The topological polar surface area (TPSA) is 30.9 Å². The molecule has 25 heavy (non-hydrogen) atoms. The van der Waals surface area contributed by atoms with E-state index in [0.29, 0.717) is 6.04 Å². The van der Waals surface area contributed by atoms with Crippen LogP contribution in [0.5, 0.6) is 11.5 Å². The molecular formula is C21H23NO3. The minimum absolute atomic E-state index is 0.0868. The van der Waals surface area contributed by atoms with Crippen LogP contribution in [0.25, 0.3) is 0 Å². The van der Waals surface area contributed by atoms with Gasteiger partial charge in [-0.2, -0.15) is 0 Å². The first kappa shape index (κ1) is 15.1. The Balaban J connectivity index is 1.77. The third-order valence-electron chi connectivity index (χ3n) is 6.36. The number of ether oxygens (including phenoxy) is 3. The van der Waals surface area contributed by atoms with Crippen LogP contribution >= 0.6 is 0 Å². The van der Waals surface area contributed by atoms with Crippen molar-refractivity contribution in [3.8, 4) is 11.5 Å². The van der Waals surface area contributed by atoms with E-state index in [1.165, 1.54) is 16.7 Å². The highest BCUT2D eigenvalue weighted by atomic mass is 16.6. The molecule has 130 valence electrons. The molecule has 5 rings (SSSR count). The zero-order valence-electron chi connectivity index (χ0n) is 14.7. The summed E-state index contributed by atoms with van der Waals surface area (Å²) < 4.78 is 17.8. The third-order valence-corrected chi connectivity index (χ3v) is 6.36. The quantitative estimate of drug-likeness (QED) is 0.791. The van der Waals surface area contributed by atoms with Crippen LogP contribution in [0.2, 0.25) is 0 Å². The molecule has 4 nitrogen and oxygen atoms in total. The van der Waals surface area contributed by atoms with E-state index < -0.39 is 0 Å². The zero-order chi connectivity index (χ0) is 17.2. The maximum atomic E-state index is 6.50. The molecule has 0 amide bonds. The second-order valence-corrected chi connectivity index (χ2v) is 7.25. The van der Waals surface area contributed by atoms with Gasteiger partial charge in [-0.3, -0.25) is 4.90 Å². The fourth-order valence-corrected chi connectivity index (χ4v) is 5.38. The van der Waals surface area contributed by atoms with Crippen molar-refractivity contribution < 1.29 is 14.2 Å². The van der Waals surface area contributed by atoms with E-state index in [4.69, 9.17) is 14.2 Å². The van der Waals surface area contributed by atoms with E-state index in [-0.39, 0.29) is 11.5 Å². The summed E-state index contributed by atoms with van der Waals surface area (Å²) in [5.74, 6) is 2.64. The molecule has 0 aromatic heterocycles. The Labute approximate surface area is 148 Å². The van der Waals surface area contributed by atoms with Crippen LogP contribution in [-0.4, -0.2) is 44.4 Å². The molecule has 4 heteroatoms. The molecule has 2 aliphatic carbocycles. The van der Waals surface area contributed by atoms with Gasteiger partial charge in [-0.1, -0.05) is 18.2 Å². The second-order valence-electron chi connectivity index (χ2n) is 7.25. The van der Waals surface area contributed by atoms with Crippen molar-refractivity contribution >= 4 is 0 Å². The van der Waals surface area contributed by atoms with Gasteiger partial charge >= 0.3 is 0 Å². The van der Waals surface area contributed by atoms with Gasteiger partial charge in [-0.05, 0) is 36.1 Å². The van der Waals surface area contributed by atoms with Gasteiger partial charge in [-0.15, -0.1) is 6.58 Å². The molecule has 0 radical (unpaired) electrons. The summed E-state index contributed by atoms with van der Waals surface area (Å²) in [5.41, 5.74) is 4.07. The van der Waals surface area contributed by atoms with Crippen molar-refractivity contribution in [1.82, 2.24) is 4.90 Å². The van der Waals surface area contributed by atoms with Crippen molar-refractivity contribution in [3.05, 3.63) is 59.4 Å². The zero-order valence-corrected chi connectivity index (χ0v) is 14.7. The summed E-state index contributed by atoms with van der Waals surface area (Å²) in [7, 11) is 3.45. The van der Waals surface area contributed by atoms with Crippen molar-refractivity contribution in [2.45, 2.75) is 30.4 Å². The van der Waals surface area contributed by atoms with Crippen molar-refractivity contribution in [3.63, 3.8) is 0 Å². The molecule has 1 aromatic rings. The lowest BCUT2D eigenvalue weighted by molar-refractivity contribution is 0.0686. The summed E-state index contributed by atoms with van der Waals surface area (Å²) in [4.78, 5) is 2.54. The van der Waals surface area contributed by atoms with Crippen LogP contribution in [0.3, 0.4) is 0 Å². The van der Waals surface area contributed by atoms with Gasteiger partial charge in [-0.25, -0.2) is 0 Å². The minimum atomic E-state index is -0.111. The highest BCUT2D eigenvalue weighted by molar-refractivity contribution is 5.67. The lowest BCUT2D eigenvalue weighted by Crippen LogP contribution is -2.59. The van der Waals surface area contributed by atoms with Crippen molar-refractivity contribution in [2.24, 2.45) is 0 Å². The summed E-state index contributed by atoms with van der Waals surface area (Å²) in [6, 6.07) is 4.66. The van der Waals surface area contributed by atoms with E-state index in [0.717, 1.165) is 43.2 Å². The number of rotatable bonds is 4. The first-order valence-corrected chi connectivity index (χ1v) is 8.92. The number of allylic oxidation sites excluding steroid dienone is 2. The Morgan fingerprint density at radius 3 is 2.96 bits per heavy atom. The molecular weight excluding hydrogens is 314 g/mol. The van der Waals surface area contributed by atoms with Crippen molar-refractivity contribution in [2.75, 3.05) is 27.3 Å². The molecule has 2 aliphatic heterocycles. The van der Waals surface area contributed by atoms with Crippen LogP contribution in [-0.2, 0) is 16.6 Å². The summed E-state index contributed by atoms with van der Waals surface area (Å²) in [6.45, 7) is 5.91. The first-order valence-electron chi connectivity index (χ1n) is 8.92. The van der Waals surface area contributed by atoms with Crippen LogP contribution in [0.1, 0.15) is 17.5 Å². The average Bonchev–Trinajstić information content (AvgIpc) is 2.98. The Morgan fingerprint density at radius 1 is 1.32 bits per heavy atom. The predicted octanol–water partition coefficient (Wildman–Crippen LogP) is 2.98. The average molecular weight is 337 g/mol. The fourth-order valence-electron chi connectivity index (χ4n) is 5.38. The number of benzene rings is 1. The smallest absolute Gasteiger partial charge is 0.169 e. The van der Waals surface area contributed by atoms with Crippen LogP contribution in [0.15, 0.2) is 48.3 Å². The number of likely N-dealkylation sites (tertiary alicyclic amines) is 1. The monoisotopic (exact) mass is 337 g/mol. The SMILES string of the molecule is C=CCN1CC[C@]23C4=CC=C(OC)[C@H]2Oc2c(OC)ccc(c23)C[C@@H]41. The maximum Gasteiger partial charge on any atom is 0.169 e. The van der Waals surface area contributed by atoms with Gasteiger partial charge in [0.2, 0.25) is 0 Å². The highest BCUT2D eigenvalue weighted by Gasteiger charge is 2.62. The molecule has 0 unspecified atom stereocenters. The molecule has 1 spiro atoms. The van der Waals surface area contributed by atoms with Crippen molar-refractivity contribution in [1.29, 1.82) is 0 Å².